The molecule has 0 spiro atoms. The van der Waals surface area contributed by atoms with E-state index in [1.54, 1.807) is 16.9 Å². The Morgan fingerprint density at radius 1 is 1.77 bits per heavy atom. The molecular formula is C9H11BrClNS. The highest BCUT2D eigenvalue weighted by Gasteiger charge is 1.96. The van der Waals surface area contributed by atoms with E-state index in [-0.39, 0.29) is 0 Å². The van der Waals surface area contributed by atoms with Gasteiger partial charge in [0.25, 0.3) is 0 Å². The highest BCUT2D eigenvalue weighted by atomic mass is 79.9. The molecule has 1 rings (SSSR count). The van der Waals surface area contributed by atoms with Crippen LogP contribution in [0.25, 0.3) is 0 Å². The van der Waals surface area contributed by atoms with Gasteiger partial charge in [0.2, 0.25) is 0 Å². The van der Waals surface area contributed by atoms with Gasteiger partial charge in [0, 0.05) is 33.4 Å². The number of thiophene rings is 1. The summed E-state index contributed by atoms with van der Waals surface area (Å²) in [5, 5.41) is 5.39. The topological polar surface area (TPSA) is 12.0 Å². The van der Waals surface area contributed by atoms with Crippen molar-refractivity contribution in [2.24, 2.45) is 0 Å². The van der Waals surface area contributed by atoms with Crippen LogP contribution in [0.3, 0.4) is 0 Å². The molecule has 0 aliphatic carbocycles. The molecule has 1 heterocycles. The van der Waals surface area contributed by atoms with E-state index in [4.69, 9.17) is 11.6 Å². The third-order valence-corrected chi connectivity index (χ3v) is 3.58. The summed E-state index contributed by atoms with van der Waals surface area (Å²) in [4.78, 5) is 1.33. The molecule has 13 heavy (non-hydrogen) atoms. The summed E-state index contributed by atoms with van der Waals surface area (Å²) in [5.74, 6) is 0. The summed E-state index contributed by atoms with van der Waals surface area (Å²) in [6.07, 6.45) is 0. The monoisotopic (exact) mass is 279 g/mol. The van der Waals surface area contributed by atoms with Gasteiger partial charge in [-0.25, -0.2) is 0 Å². The van der Waals surface area contributed by atoms with E-state index in [2.05, 4.69) is 32.7 Å². The van der Waals surface area contributed by atoms with Crippen molar-refractivity contribution in [2.75, 3.05) is 6.54 Å². The predicted octanol–water partition coefficient (Wildman–Crippen LogP) is 3.74. The summed E-state index contributed by atoms with van der Waals surface area (Å²) in [5.41, 5.74) is 2.76. The van der Waals surface area contributed by atoms with Crippen LogP contribution in [-0.2, 0) is 6.54 Å². The van der Waals surface area contributed by atoms with Crippen molar-refractivity contribution >= 4 is 38.9 Å². The average molecular weight is 281 g/mol. The lowest BCUT2D eigenvalue weighted by Gasteiger charge is -2.01. The SMILES string of the molecule is CC(=CCl)CNCc1cc(Br)cs1. The minimum atomic E-state index is 0.846. The summed E-state index contributed by atoms with van der Waals surface area (Å²) >= 11 is 10.7. The van der Waals surface area contributed by atoms with Crippen LogP contribution < -0.4 is 5.32 Å². The second-order valence-electron chi connectivity index (χ2n) is 2.79. The minimum Gasteiger partial charge on any atom is -0.308 e. The molecule has 0 aliphatic heterocycles. The zero-order chi connectivity index (χ0) is 9.68. The van der Waals surface area contributed by atoms with Gasteiger partial charge in [-0.05, 0) is 34.5 Å². The lowest BCUT2D eigenvalue weighted by Crippen LogP contribution is -2.14. The molecule has 0 amide bonds. The summed E-state index contributed by atoms with van der Waals surface area (Å²) in [6.45, 7) is 3.75. The normalized spacial score (nSPS) is 12.1. The van der Waals surface area contributed by atoms with E-state index in [0.717, 1.165) is 23.1 Å². The molecule has 0 bridgehead atoms. The molecule has 4 heteroatoms. The lowest BCUT2D eigenvalue weighted by molar-refractivity contribution is 0.749. The van der Waals surface area contributed by atoms with Crippen molar-refractivity contribution in [2.45, 2.75) is 13.5 Å². The smallest absolute Gasteiger partial charge is 0.0303 e. The quantitative estimate of drug-likeness (QED) is 0.886. The third-order valence-electron chi connectivity index (χ3n) is 1.51. The first kappa shape index (κ1) is 11.2. The van der Waals surface area contributed by atoms with Gasteiger partial charge in [0.1, 0.15) is 0 Å². The maximum absolute atomic E-state index is 5.53. The Hall–Kier alpha value is 0.170. The fourth-order valence-corrected chi connectivity index (χ4v) is 2.37. The molecule has 1 nitrogen and oxygen atoms in total. The van der Waals surface area contributed by atoms with Crippen LogP contribution in [-0.4, -0.2) is 6.54 Å². The van der Waals surface area contributed by atoms with Crippen molar-refractivity contribution in [3.8, 4) is 0 Å². The first-order valence-electron chi connectivity index (χ1n) is 3.92. The molecule has 0 unspecified atom stereocenters. The molecule has 1 aromatic heterocycles. The maximum Gasteiger partial charge on any atom is 0.0303 e. The maximum atomic E-state index is 5.53. The highest BCUT2D eigenvalue weighted by Crippen LogP contribution is 2.19. The van der Waals surface area contributed by atoms with Gasteiger partial charge in [-0.15, -0.1) is 11.3 Å². The van der Waals surface area contributed by atoms with Crippen LogP contribution in [0.5, 0.6) is 0 Å². The van der Waals surface area contributed by atoms with E-state index in [0.29, 0.717) is 0 Å². The Labute approximate surface area is 95.9 Å². The Morgan fingerprint density at radius 2 is 2.54 bits per heavy atom. The molecule has 0 saturated carbocycles. The van der Waals surface area contributed by atoms with Crippen LogP contribution in [0.15, 0.2) is 27.0 Å². The van der Waals surface area contributed by atoms with Crippen molar-refractivity contribution in [3.05, 3.63) is 31.9 Å². The Kier molecular flexibility index (Phi) is 5.02. The number of nitrogens with one attached hydrogen (secondary N) is 1. The zero-order valence-corrected chi connectivity index (χ0v) is 10.5. The minimum absolute atomic E-state index is 0.846. The highest BCUT2D eigenvalue weighted by molar-refractivity contribution is 9.10. The van der Waals surface area contributed by atoms with E-state index in [9.17, 15) is 0 Å². The first-order valence-corrected chi connectivity index (χ1v) is 6.03. The number of halogens is 2. The number of hydrogen-bond donors (Lipinski definition) is 1. The Balaban J connectivity index is 2.28. The molecule has 0 fully saturated rings. The van der Waals surface area contributed by atoms with Gasteiger partial charge < -0.3 is 5.32 Å². The molecular weight excluding hydrogens is 270 g/mol. The standard InChI is InChI=1S/C9H11BrClNS/c1-7(3-11)4-12-5-9-2-8(10)6-13-9/h2-3,6,12H,4-5H2,1H3. The van der Waals surface area contributed by atoms with Crippen LogP contribution in [0.2, 0.25) is 0 Å². The van der Waals surface area contributed by atoms with Crippen LogP contribution in [0, 0.1) is 0 Å². The van der Waals surface area contributed by atoms with E-state index in [1.165, 1.54) is 4.88 Å². The molecule has 0 radical (unpaired) electrons. The second kappa shape index (κ2) is 5.81. The van der Waals surface area contributed by atoms with Crippen molar-refractivity contribution in [1.82, 2.24) is 5.32 Å². The van der Waals surface area contributed by atoms with Gasteiger partial charge in [-0.2, -0.15) is 0 Å². The predicted molar refractivity (Wildman–Crippen MR) is 63.3 cm³/mol. The summed E-state index contributed by atoms with van der Waals surface area (Å²) in [7, 11) is 0. The third kappa shape index (κ3) is 4.27. The van der Waals surface area contributed by atoms with Gasteiger partial charge in [0.15, 0.2) is 0 Å². The Morgan fingerprint density at radius 3 is 3.08 bits per heavy atom. The van der Waals surface area contributed by atoms with E-state index in [1.807, 2.05) is 6.92 Å². The molecule has 0 aromatic carbocycles. The van der Waals surface area contributed by atoms with Crippen molar-refractivity contribution in [3.63, 3.8) is 0 Å². The van der Waals surface area contributed by atoms with Gasteiger partial charge in [0.05, 0.1) is 0 Å². The van der Waals surface area contributed by atoms with Gasteiger partial charge in [-0.1, -0.05) is 11.6 Å². The molecule has 72 valence electrons. The van der Waals surface area contributed by atoms with Crippen molar-refractivity contribution < 1.29 is 0 Å². The Bertz CT molecular complexity index is 296. The largest absolute Gasteiger partial charge is 0.308 e. The fraction of sp³-hybridized carbons (Fsp3) is 0.333. The van der Waals surface area contributed by atoms with Crippen molar-refractivity contribution in [1.29, 1.82) is 0 Å². The van der Waals surface area contributed by atoms with E-state index >= 15 is 0 Å². The summed E-state index contributed by atoms with van der Waals surface area (Å²) in [6, 6.07) is 2.12. The van der Waals surface area contributed by atoms with Crippen LogP contribution in [0.1, 0.15) is 11.8 Å². The lowest BCUT2D eigenvalue weighted by atomic mass is 10.3. The number of rotatable bonds is 4. The van der Waals surface area contributed by atoms with E-state index < -0.39 is 0 Å². The summed E-state index contributed by atoms with van der Waals surface area (Å²) < 4.78 is 1.15. The second-order valence-corrected chi connectivity index (χ2v) is 4.92. The van der Waals surface area contributed by atoms with Crippen LogP contribution >= 0.6 is 38.9 Å². The first-order chi connectivity index (χ1) is 6.22. The molecule has 0 saturated heterocycles. The molecule has 1 aromatic rings. The van der Waals surface area contributed by atoms with Gasteiger partial charge >= 0.3 is 0 Å². The fourth-order valence-electron chi connectivity index (χ4n) is 0.868. The van der Waals surface area contributed by atoms with Gasteiger partial charge in [-0.3, -0.25) is 0 Å². The van der Waals surface area contributed by atoms with Crippen LogP contribution in [0.4, 0.5) is 0 Å². The molecule has 1 N–H and O–H groups in total. The zero-order valence-electron chi connectivity index (χ0n) is 7.31. The molecule has 0 aliphatic rings. The number of hydrogen-bond acceptors (Lipinski definition) is 2. The average Bonchev–Trinajstić information content (AvgIpc) is 2.51. The molecule has 0 atom stereocenters.